The number of nitrogens with two attached hydrogens (primary N) is 3. The Morgan fingerprint density at radius 1 is 0.456 bits per heavy atom. The van der Waals surface area contributed by atoms with Crippen molar-refractivity contribution >= 4 is 59.4 Å². The third-order valence-corrected chi connectivity index (χ3v) is 18.1. The first kappa shape index (κ1) is 63.1. The number of nitrogens with one attached hydrogen (secondary N) is 3. The number of carbonyl (C=O) groups excluding carboxylic acids is 3. The highest BCUT2D eigenvalue weighted by Crippen LogP contribution is 2.36. The highest BCUT2D eigenvalue weighted by molar-refractivity contribution is 5.95. The Balaban J connectivity index is 0.000000119. The van der Waals surface area contributed by atoms with Gasteiger partial charge in [-0.15, -0.1) is 17.5 Å². The summed E-state index contributed by atoms with van der Waals surface area (Å²) in [4.78, 5) is 49.3. The molecule has 21 nitrogen and oxygen atoms in total. The zero-order chi connectivity index (χ0) is 61.4. The summed E-state index contributed by atoms with van der Waals surface area (Å²) in [6.07, 6.45) is 18.0. The van der Waals surface area contributed by atoms with Gasteiger partial charge in [0, 0.05) is 33.6 Å². The molecule has 0 radical (unpaired) electrons. The van der Waals surface area contributed by atoms with Crippen molar-refractivity contribution in [1.82, 2.24) is 40.0 Å². The third kappa shape index (κ3) is 13.7. The van der Waals surface area contributed by atoms with E-state index in [1.54, 1.807) is 0 Å². The van der Waals surface area contributed by atoms with E-state index in [4.69, 9.17) is 41.3 Å². The van der Waals surface area contributed by atoms with Crippen LogP contribution in [0.4, 0.5) is 23.3 Å². The number of nitrogen functional groups attached to an aromatic ring is 3. The average Bonchev–Trinajstić information content (AvgIpc) is 1.96. The first-order valence-corrected chi connectivity index (χ1v) is 31.5. The Bertz CT molecular complexity index is 3870. The molecular weight excluding hydrogens is 1160 g/mol. The van der Waals surface area contributed by atoms with Gasteiger partial charge in [0.25, 0.3) is 17.7 Å². The molecule has 1 amide bonds. The number of H-pyrrole nitrogens is 2. The maximum absolute atomic E-state index is 13.0. The zero-order valence-corrected chi connectivity index (χ0v) is 51.4. The largest absolute Gasteiger partial charge is 0.479 e. The van der Waals surface area contributed by atoms with Gasteiger partial charge < -0.3 is 46.6 Å². The Labute approximate surface area is 528 Å². The second-order valence-corrected chi connectivity index (χ2v) is 23.7. The number of aromatic nitrogens is 8. The molecule has 472 valence electrons. The van der Waals surface area contributed by atoms with E-state index in [2.05, 4.69) is 54.1 Å². The van der Waals surface area contributed by atoms with E-state index >= 15 is 0 Å². The molecule has 8 heterocycles. The fourth-order valence-corrected chi connectivity index (χ4v) is 13.5. The van der Waals surface area contributed by atoms with Gasteiger partial charge in [0.15, 0.2) is 30.2 Å². The molecule has 0 bridgehead atoms. The number of amides is 1. The minimum atomic E-state index is -0.910. The van der Waals surface area contributed by atoms with Crippen molar-refractivity contribution in [2.75, 3.05) is 48.9 Å². The second kappa shape index (κ2) is 29.0. The van der Waals surface area contributed by atoms with Gasteiger partial charge in [0.1, 0.15) is 17.5 Å². The molecule has 4 aromatic heterocycles. The van der Waals surface area contributed by atoms with Crippen molar-refractivity contribution in [3.8, 4) is 0 Å². The van der Waals surface area contributed by atoms with E-state index in [1.807, 2.05) is 78.9 Å². The molecule has 4 unspecified atom stereocenters. The van der Waals surface area contributed by atoms with Crippen LogP contribution in [0.25, 0.3) is 0 Å². The van der Waals surface area contributed by atoms with Gasteiger partial charge in [-0.2, -0.15) is 24.7 Å². The van der Waals surface area contributed by atoms with E-state index in [1.165, 1.54) is 56.6 Å². The normalized spacial score (nSPS) is 19.7. The number of carboxylic acids is 1. The van der Waals surface area contributed by atoms with Crippen molar-refractivity contribution in [2.45, 2.75) is 153 Å². The SMILES string of the molecule is Cl.Nc1c2c(nn1C(=O)C1OCCc3ccccc31)CCCC2.Nc1n[nH]c2c1CCCC2.Nc1nn(C(=O)C2OCCc3ccccc32)c2c1CCCC2.O=C(Nc1n[nH]c2c1CCCC2)C1OCCc2ccccc21.O=C(O)C1OCCc2ccccc21. The molecule has 8 aliphatic rings. The zero-order valence-electron chi connectivity index (χ0n) is 50.6. The first-order valence-electron chi connectivity index (χ1n) is 31.5. The maximum Gasteiger partial charge on any atom is 0.337 e. The number of ether oxygens (including phenoxy) is 4. The van der Waals surface area contributed by atoms with E-state index in [9.17, 15) is 19.2 Å². The monoisotopic (exact) mass is 1240 g/mol. The summed E-state index contributed by atoms with van der Waals surface area (Å²) in [5.41, 5.74) is 34.9. The number of rotatable bonds is 5. The van der Waals surface area contributed by atoms with E-state index < -0.39 is 30.4 Å². The summed E-state index contributed by atoms with van der Waals surface area (Å²) in [6.45, 7) is 2.18. The number of carbonyl (C=O) groups is 4. The lowest BCUT2D eigenvalue weighted by Gasteiger charge is -2.25. The van der Waals surface area contributed by atoms with Crippen LogP contribution >= 0.6 is 12.4 Å². The molecule has 22 heteroatoms. The molecule has 4 aliphatic carbocycles. The lowest BCUT2D eigenvalue weighted by molar-refractivity contribution is -0.151. The topological polar surface area (TPSA) is 309 Å². The van der Waals surface area contributed by atoms with Gasteiger partial charge in [-0.05, 0) is 173 Å². The molecule has 4 aliphatic heterocycles. The summed E-state index contributed by atoms with van der Waals surface area (Å²) >= 11 is 0. The Hall–Kier alpha value is -8.47. The number of hydrogen-bond acceptors (Lipinski definition) is 15. The van der Waals surface area contributed by atoms with E-state index in [0.717, 1.165) is 171 Å². The lowest BCUT2D eigenvalue weighted by Crippen LogP contribution is -2.29. The number of benzene rings is 4. The molecule has 90 heavy (non-hydrogen) atoms. The molecule has 8 aromatic rings. The molecule has 0 spiro atoms. The average molecular weight is 1240 g/mol. The molecule has 4 atom stereocenters. The van der Waals surface area contributed by atoms with Crippen molar-refractivity contribution in [2.24, 2.45) is 0 Å². The molecule has 0 saturated heterocycles. The number of halogens is 1. The fourth-order valence-electron chi connectivity index (χ4n) is 13.5. The molecule has 4 aromatic carbocycles. The predicted molar refractivity (Wildman–Crippen MR) is 342 cm³/mol. The summed E-state index contributed by atoms with van der Waals surface area (Å²) < 4.78 is 25.2. The molecular formula is C68H79ClN12O9. The number of aliphatic carboxylic acids is 1. The van der Waals surface area contributed by atoms with Crippen molar-refractivity contribution < 1.29 is 43.2 Å². The highest BCUT2D eigenvalue weighted by atomic mass is 35.5. The molecule has 0 fully saturated rings. The smallest absolute Gasteiger partial charge is 0.337 e. The summed E-state index contributed by atoms with van der Waals surface area (Å²) in [5, 5.41) is 34.8. The van der Waals surface area contributed by atoms with Crippen LogP contribution in [0.15, 0.2) is 97.1 Å². The van der Waals surface area contributed by atoms with E-state index in [-0.39, 0.29) is 30.1 Å². The van der Waals surface area contributed by atoms with Gasteiger partial charge in [0.2, 0.25) is 0 Å². The Morgan fingerprint density at radius 2 is 0.878 bits per heavy atom. The van der Waals surface area contributed by atoms with Gasteiger partial charge in [0.05, 0.1) is 37.8 Å². The fraction of sp³-hybridized carbons (Fsp3) is 0.412. The summed E-state index contributed by atoms with van der Waals surface area (Å²) in [5.74, 6) is 1.01. The summed E-state index contributed by atoms with van der Waals surface area (Å²) in [7, 11) is 0. The van der Waals surface area contributed by atoms with Crippen LogP contribution in [0.3, 0.4) is 0 Å². The Kier molecular flexibility index (Phi) is 20.3. The number of fused-ring (bicyclic) bond motifs is 8. The lowest BCUT2D eigenvalue weighted by atomic mass is 9.95. The first-order chi connectivity index (χ1) is 43.5. The van der Waals surface area contributed by atoms with Gasteiger partial charge >= 0.3 is 5.97 Å². The minimum absolute atomic E-state index is 0. The number of carboxylic acid groups (broad SMARTS) is 1. The van der Waals surface area contributed by atoms with Crippen LogP contribution in [0.2, 0.25) is 0 Å². The van der Waals surface area contributed by atoms with Crippen molar-refractivity contribution in [3.05, 3.63) is 187 Å². The molecule has 10 N–H and O–H groups in total. The summed E-state index contributed by atoms with van der Waals surface area (Å²) in [6, 6.07) is 31.4. The van der Waals surface area contributed by atoms with Crippen molar-refractivity contribution in [1.29, 1.82) is 0 Å². The number of nitrogens with zero attached hydrogens (tertiary/aromatic N) is 6. The number of anilines is 4. The van der Waals surface area contributed by atoms with Crippen LogP contribution in [-0.2, 0) is 106 Å². The predicted octanol–water partition coefficient (Wildman–Crippen LogP) is 9.82. The number of aromatic amines is 2. The van der Waals surface area contributed by atoms with Gasteiger partial charge in [-0.25, -0.2) is 4.79 Å². The highest BCUT2D eigenvalue weighted by Gasteiger charge is 2.35. The number of hydrogen-bond donors (Lipinski definition) is 7. The minimum Gasteiger partial charge on any atom is -0.479 e. The van der Waals surface area contributed by atoms with Crippen LogP contribution in [0.1, 0.15) is 175 Å². The maximum atomic E-state index is 13.0. The van der Waals surface area contributed by atoms with Crippen LogP contribution in [0, 0.1) is 0 Å². The van der Waals surface area contributed by atoms with Crippen LogP contribution in [0.5, 0.6) is 0 Å². The quantitative estimate of drug-likeness (QED) is 0.0843. The molecule has 0 saturated carbocycles. The standard InChI is InChI=1S/3C17H19N3O2.C10H10O3.C7H11N3.ClH/c18-16-13-7-3-4-8-14(13)20(19-16)17(21)15-12-6-2-1-5-11(12)9-10-22-15;18-16-13-7-3-4-8-14(13)19-20(16)17(21)15-12-6-2-1-5-11(12)9-10-22-15;21-17(15-12-6-2-1-5-11(12)9-10-22-15)18-16-13-7-3-4-8-14(13)19-20-16;11-10(12)9-8-4-2-1-3-7(8)5-6-13-9;8-7-5-3-1-2-4-6(5)9-10-7;/h1-2,5-6,15H,3-4,7-10H2,(H2,18,19);1-2,5-6,15H,3-4,7-10,18H2;1-2,5-6,15H,3-4,7-10H2,(H2,18,19,20,21);1-4,9H,5-6H2,(H,11,12);1-4H2,(H3,8,9,10);1H. The number of aryl methyl sites for hydroxylation is 3. The van der Waals surface area contributed by atoms with Gasteiger partial charge in [-0.3, -0.25) is 24.6 Å². The van der Waals surface area contributed by atoms with Crippen LogP contribution < -0.4 is 22.5 Å². The molecule has 16 rings (SSSR count). The van der Waals surface area contributed by atoms with Gasteiger partial charge in [-0.1, -0.05) is 97.1 Å². The Morgan fingerprint density at radius 3 is 1.42 bits per heavy atom. The van der Waals surface area contributed by atoms with Crippen LogP contribution in [-0.4, -0.2) is 95.2 Å². The third-order valence-electron chi connectivity index (χ3n) is 18.1. The second-order valence-electron chi connectivity index (χ2n) is 23.7. The van der Waals surface area contributed by atoms with E-state index in [0.29, 0.717) is 49.7 Å². The van der Waals surface area contributed by atoms with Crippen molar-refractivity contribution in [3.63, 3.8) is 0 Å².